The average molecular weight is 197 g/mol. The molecule has 0 unspecified atom stereocenters. The highest BCUT2D eigenvalue weighted by Crippen LogP contribution is 2.01. The Hall–Kier alpha value is -0.900. The highest BCUT2D eigenvalue weighted by atomic mass is 16.5. The minimum Gasteiger partial charge on any atom is -0.378 e. The van der Waals surface area contributed by atoms with Crippen LogP contribution in [-0.2, 0) is 4.74 Å². The Bertz CT molecular complexity index is 230. The first-order valence-corrected chi connectivity index (χ1v) is 5.11. The number of aliphatic imine (C=N–C) groups is 2. The van der Waals surface area contributed by atoms with Crippen molar-refractivity contribution in [1.29, 1.82) is 0 Å². The van der Waals surface area contributed by atoms with Crippen LogP contribution in [0.25, 0.3) is 0 Å². The van der Waals surface area contributed by atoms with Crippen molar-refractivity contribution in [1.82, 2.24) is 4.90 Å². The largest absolute Gasteiger partial charge is 0.378 e. The van der Waals surface area contributed by atoms with Crippen LogP contribution in [0.3, 0.4) is 0 Å². The lowest BCUT2D eigenvalue weighted by Gasteiger charge is -2.27. The maximum absolute atomic E-state index is 5.28. The summed E-state index contributed by atoms with van der Waals surface area (Å²) in [5.41, 5.74) is 1.12. The molecule has 1 saturated heterocycles. The zero-order chi connectivity index (χ0) is 10.4. The van der Waals surface area contributed by atoms with E-state index in [2.05, 4.69) is 21.8 Å². The molecule has 14 heavy (non-hydrogen) atoms. The summed E-state index contributed by atoms with van der Waals surface area (Å²) in [6.07, 6.45) is 0.976. The van der Waals surface area contributed by atoms with Crippen molar-refractivity contribution in [2.24, 2.45) is 9.98 Å². The van der Waals surface area contributed by atoms with Crippen LogP contribution in [0, 0.1) is 0 Å². The van der Waals surface area contributed by atoms with Gasteiger partial charge in [0.15, 0.2) is 0 Å². The molecule has 4 heteroatoms. The zero-order valence-corrected chi connectivity index (χ0v) is 9.29. The molecule has 4 nitrogen and oxygen atoms in total. The lowest BCUT2D eigenvalue weighted by Crippen LogP contribution is -2.40. The first-order valence-electron chi connectivity index (χ1n) is 5.11. The summed E-state index contributed by atoms with van der Waals surface area (Å²) in [7, 11) is 1.79. The second kappa shape index (κ2) is 5.75. The van der Waals surface area contributed by atoms with Gasteiger partial charge >= 0.3 is 0 Å². The van der Waals surface area contributed by atoms with Gasteiger partial charge in [-0.1, -0.05) is 6.92 Å². The maximum Gasteiger partial charge on any atom is 0.220 e. The van der Waals surface area contributed by atoms with Crippen molar-refractivity contribution >= 4 is 11.7 Å². The molecule has 0 aliphatic carbocycles. The highest BCUT2D eigenvalue weighted by Gasteiger charge is 2.13. The molecule has 0 radical (unpaired) electrons. The Labute approximate surface area is 85.7 Å². The number of hydrogen-bond acceptors (Lipinski definition) is 2. The predicted molar refractivity (Wildman–Crippen MR) is 59.2 cm³/mol. The van der Waals surface area contributed by atoms with Gasteiger partial charge in [0, 0.05) is 25.8 Å². The van der Waals surface area contributed by atoms with Crippen molar-refractivity contribution in [3.63, 3.8) is 0 Å². The van der Waals surface area contributed by atoms with E-state index in [0.717, 1.165) is 44.4 Å². The Balaban J connectivity index is 2.61. The van der Waals surface area contributed by atoms with Crippen molar-refractivity contribution in [3.05, 3.63) is 0 Å². The molecule has 0 bridgehead atoms. The van der Waals surface area contributed by atoms with Crippen LogP contribution >= 0.6 is 0 Å². The molecule has 1 fully saturated rings. The molecule has 1 heterocycles. The molecule has 0 spiro atoms. The van der Waals surface area contributed by atoms with Crippen LogP contribution in [0.1, 0.15) is 20.3 Å². The van der Waals surface area contributed by atoms with Gasteiger partial charge in [-0.25, -0.2) is 4.99 Å². The molecule has 0 aromatic rings. The SMILES string of the molecule is CC/C(C)=N\C(=NC)N1CCOCC1. The number of rotatable bonds is 1. The second-order valence-electron chi connectivity index (χ2n) is 3.32. The fraction of sp³-hybridized carbons (Fsp3) is 0.800. The van der Waals surface area contributed by atoms with Gasteiger partial charge in [0.1, 0.15) is 0 Å². The Morgan fingerprint density at radius 3 is 2.50 bits per heavy atom. The summed E-state index contributed by atoms with van der Waals surface area (Å²) in [5, 5.41) is 0. The second-order valence-corrected chi connectivity index (χ2v) is 3.32. The molecule has 80 valence electrons. The van der Waals surface area contributed by atoms with Crippen molar-refractivity contribution in [2.45, 2.75) is 20.3 Å². The van der Waals surface area contributed by atoms with Gasteiger partial charge in [-0.05, 0) is 13.3 Å². The van der Waals surface area contributed by atoms with Gasteiger partial charge in [-0.2, -0.15) is 0 Å². The molecule has 0 aromatic heterocycles. The van der Waals surface area contributed by atoms with Gasteiger partial charge in [-0.3, -0.25) is 4.99 Å². The van der Waals surface area contributed by atoms with E-state index in [9.17, 15) is 0 Å². The normalized spacial score (nSPS) is 20.1. The fourth-order valence-electron chi connectivity index (χ4n) is 1.28. The van der Waals surface area contributed by atoms with Gasteiger partial charge < -0.3 is 9.64 Å². The molecular weight excluding hydrogens is 178 g/mol. The number of nitrogens with zero attached hydrogens (tertiary/aromatic N) is 3. The van der Waals surface area contributed by atoms with Crippen molar-refractivity contribution in [3.8, 4) is 0 Å². The Kier molecular flexibility index (Phi) is 4.59. The fourth-order valence-corrected chi connectivity index (χ4v) is 1.28. The molecule has 0 aromatic carbocycles. The van der Waals surface area contributed by atoms with E-state index in [1.54, 1.807) is 7.05 Å². The number of ether oxygens (including phenoxy) is 1. The highest BCUT2D eigenvalue weighted by molar-refractivity contribution is 5.95. The zero-order valence-electron chi connectivity index (χ0n) is 9.29. The van der Waals surface area contributed by atoms with E-state index in [-0.39, 0.29) is 0 Å². The first-order chi connectivity index (χ1) is 6.77. The van der Waals surface area contributed by atoms with Crippen LogP contribution in [0.5, 0.6) is 0 Å². The van der Waals surface area contributed by atoms with Crippen LogP contribution in [0.2, 0.25) is 0 Å². The van der Waals surface area contributed by atoms with Crippen LogP contribution in [-0.4, -0.2) is 49.9 Å². The maximum atomic E-state index is 5.28. The van der Waals surface area contributed by atoms with Gasteiger partial charge in [0.2, 0.25) is 5.96 Å². The molecule has 0 atom stereocenters. The average Bonchev–Trinajstić information content (AvgIpc) is 2.26. The van der Waals surface area contributed by atoms with Gasteiger partial charge in [-0.15, -0.1) is 0 Å². The summed E-state index contributed by atoms with van der Waals surface area (Å²) < 4.78 is 5.28. The molecule has 1 rings (SSSR count). The molecule has 0 N–H and O–H groups in total. The number of morpholine rings is 1. The third-order valence-corrected chi connectivity index (χ3v) is 2.30. The smallest absolute Gasteiger partial charge is 0.220 e. The quantitative estimate of drug-likeness (QED) is 0.467. The first kappa shape index (κ1) is 11.2. The van der Waals surface area contributed by atoms with E-state index in [1.165, 1.54) is 0 Å². The lowest BCUT2D eigenvalue weighted by atomic mass is 10.3. The summed E-state index contributed by atoms with van der Waals surface area (Å²) in [5.74, 6) is 0.840. The molecular formula is C10H19N3O. The van der Waals surface area contributed by atoms with E-state index in [0.29, 0.717) is 0 Å². The van der Waals surface area contributed by atoms with E-state index < -0.39 is 0 Å². The third-order valence-electron chi connectivity index (χ3n) is 2.30. The third kappa shape index (κ3) is 3.10. The topological polar surface area (TPSA) is 37.2 Å². The van der Waals surface area contributed by atoms with Crippen molar-refractivity contribution in [2.75, 3.05) is 33.4 Å². The molecule has 0 amide bonds. The van der Waals surface area contributed by atoms with Gasteiger partial charge in [0.25, 0.3) is 0 Å². The minimum atomic E-state index is 0.777. The Morgan fingerprint density at radius 1 is 1.36 bits per heavy atom. The van der Waals surface area contributed by atoms with Crippen LogP contribution in [0.15, 0.2) is 9.98 Å². The van der Waals surface area contributed by atoms with E-state index in [4.69, 9.17) is 4.74 Å². The van der Waals surface area contributed by atoms with Gasteiger partial charge in [0.05, 0.1) is 13.2 Å². The molecule has 0 saturated carbocycles. The number of guanidine groups is 1. The van der Waals surface area contributed by atoms with Crippen LogP contribution < -0.4 is 0 Å². The Morgan fingerprint density at radius 2 is 2.00 bits per heavy atom. The van der Waals surface area contributed by atoms with Crippen molar-refractivity contribution < 1.29 is 4.74 Å². The van der Waals surface area contributed by atoms with E-state index >= 15 is 0 Å². The predicted octanol–water partition coefficient (Wildman–Crippen LogP) is 1.18. The minimum absolute atomic E-state index is 0.777. The summed E-state index contributed by atoms with van der Waals surface area (Å²) >= 11 is 0. The standard InChI is InChI=1S/C10H19N3O/c1-4-9(2)12-10(11-3)13-5-7-14-8-6-13/h4-8H2,1-3H3/b11-10?,12-9-. The lowest BCUT2D eigenvalue weighted by molar-refractivity contribution is 0.0675. The molecule has 1 aliphatic rings. The molecule has 1 aliphatic heterocycles. The summed E-state index contributed by atoms with van der Waals surface area (Å²) in [4.78, 5) is 10.8. The summed E-state index contributed by atoms with van der Waals surface area (Å²) in [6.45, 7) is 7.48. The van der Waals surface area contributed by atoms with Crippen LogP contribution in [0.4, 0.5) is 0 Å². The monoisotopic (exact) mass is 197 g/mol. The summed E-state index contributed by atoms with van der Waals surface area (Å²) in [6, 6.07) is 0. The number of hydrogen-bond donors (Lipinski definition) is 0. The van der Waals surface area contributed by atoms with E-state index in [1.807, 2.05) is 6.92 Å².